The van der Waals surface area contributed by atoms with Crippen LogP contribution in [0.2, 0.25) is 0 Å². The highest BCUT2D eigenvalue weighted by atomic mass is 16.5. The van der Waals surface area contributed by atoms with E-state index >= 15 is 0 Å². The van der Waals surface area contributed by atoms with Gasteiger partial charge in [0, 0.05) is 30.1 Å². The van der Waals surface area contributed by atoms with Gasteiger partial charge in [0.05, 0.1) is 12.3 Å². The average molecular weight is 409 g/mol. The molecule has 1 aliphatic heterocycles. The normalized spacial score (nSPS) is 15.5. The van der Waals surface area contributed by atoms with Crippen LogP contribution in [0.3, 0.4) is 0 Å². The Morgan fingerprint density at radius 3 is 2.47 bits per heavy atom. The molecule has 1 atom stereocenters. The van der Waals surface area contributed by atoms with Crippen LogP contribution in [-0.2, 0) is 9.53 Å². The molecule has 0 bridgehead atoms. The van der Waals surface area contributed by atoms with Crippen LogP contribution in [-0.4, -0.2) is 50.4 Å². The van der Waals surface area contributed by atoms with E-state index in [2.05, 4.69) is 36.0 Å². The second kappa shape index (κ2) is 10.4. The Morgan fingerprint density at radius 1 is 1.03 bits per heavy atom. The third kappa shape index (κ3) is 5.08. The van der Waals surface area contributed by atoms with E-state index in [1.54, 1.807) is 0 Å². The minimum Gasteiger partial charge on any atom is -0.466 e. The van der Waals surface area contributed by atoms with Crippen molar-refractivity contribution in [1.29, 1.82) is 0 Å². The molecular formula is C25H32N2O3. The maximum atomic E-state index is 13.6. The van der Waals surface area contributed by atoms with Gasteiger partial charge in [0.15, 0.2) is 5.78 Å². The van der Waals surface area contributed by atoms with Gasteiger partial charge in [-0.2, -0.15) is 0 Å². The minimum atomic E-state index is -0.254. The third-order valence-electron chi connectivity index (χ3n) is 5.55. The van der Waals surface area contributed by atoms with Gasteiger partial charge in [-0.05, 0) is 70.6 Å². The number of para-hydroxylation sites is 2. The molecule has 0 aromatic heterocycles. The molecule has 2 aromatic carbocycles. The standard InChI is InChI=1S/C25H32N2O3/c1-4-30-24(28)16-9-13-20-19-11-5-7-14-22(19)27(18-10-17-26(2)3)23-15-8-6-12-21(23)25(20)29/h5-8,11-12,14-15,20H,4,9-10,13,16-18H2,1-3H3. The molecule has 2 aromatic rings. The zero-order valence-corrected chi connectivity index (χ0v) is 18.3. The lowest BCUT2D eigenvalue weighted by atomic mass is 9.86. The van der Waals surface area contributed by atoms with Gasteiger partial charge in [-0.15, -0.1) is 0 Å². The number of ketones is 1. The SMILES string of the molecule is CCOC(=O)CCCC1C(=O)c2ccccc2N(CCCN(C)C)c2ccccc21. The molecule has 0 radical (unpaired) electrons. The molecule has 0 saturated carbocycles. The van der Waals surface area contributed by atoms with Gasteiger partial charge >= 0.3 is 5.97 Å². The molecule has 1 aliphatic rings. The van der Waals surface area contributed by atoms with Gasteiger partial charge in [0.25, 0.3) is 0 Å². The maximum Gasteiger partial charge on any atom is 0.305 e. The van der Waals surface area contributed by atoms with Crippen LogP contribution in [0.15, 0.2) is 48.5 Å². The molecule has 0 aliphatic carbocycles. The number of carbonyl (C=O) groups excluding carboxylic acids is 2. The van der Waals surface area contributed by atoms with Gasteiger partial charge in [-0.25, -0.2) is 0 Å². The Labute approximate surface area is 179 Å². The van der Waals surface area contributed by atoms with Crippen molar-refractivity contribution in [3.63, 3.8) is 0 Å². The van der Waals surface area contributed by atoms with Crippen LogP contribution in [0, 0.1) is 0 Å². The molecule has 30 heavy (non-hydrogen) atoms. The molecule has 0 saturated heterocycles. The van der Waals surface area contributed by atoms with Gasteiger partial charge in [0.1, 0.15) is 0 Å². The van der Waals surface area contributed by atoms with Gasteiger partial charge in [-0.1, -0.05) is 30.3 Å². The largest absolute Gasteiger partial charge is 0.466 e. The average Bonchev–Trinajstić information content (AvgIpc) is 2.83. The van der Waals surface area contributed by atoms with Crippen molar-refractivity contribution >= 4 is 23.1 Å². The fourth-order valence-electron chi connectivity index (χ4n) is 4.16. The van der Waals surface area contributed by atoms with E-state index in [1.807, 2.05) is 43.3 Å². The molecule has 160 valence electrons. The highest BCUT2D eigenvalue weighted by Crippen LogP contribution is 2.42. The maximum absolute atomic E-state index is 13.6. The van der Waals surface area contributed by atoms with E-state index in [-0.39, 0.29) is 17.7 Å². The lowest BCUT2D eigenvalue weighted by Crippen LogP contribution is -2.24. The lowest BCUT2D eigenvalue weighted by molar-refractivity contribution is -0.143. The van der Waals surface area contributed by atoms with Crippen molar-refractivity contribution in [3.05, 3.63) is 59.7 Å². The molecule has 0 N–H and O–H groups in total. The van der Waals surface area contributed by atoms with Crippen molar-refractivity contribution in [3.8, 4) is 0 Å². The predicted octanol–water partition coefficient (Wildman–Crippen LogP) is 4.79. The van der Waals surface area contributed by atoms with E-state index < -0.39 is 0 Å². The Hall–Kier alpha value is -2.66. The minimum absolute atomic E-state index is 0.136. The summed E-state index contributed by atoms with van der Waals surface area (Å²) in [5.74, 6) is -0.315. The number of hydrogen-bond acceptors (Lipinski definition) is 5. The van der Waals surface area contributed by atoms with Crippen molar-refractivity contribution in [2.45, 2.75) is 38.5 Å². The first-order chi connectivity index (χ1) is 14.5. The summed E-state index contributed by atoms with van der Waals surface area (Å²) in [7, 11) is 4.15. The van der Waals surface area contributed by atoms with Crippen molar-refractivity contribution in [2.75, 3.05) is 38.7 Å². The topological polar surface area (TPSA) is 49.9 Å². The summed E-state index contributed by atoms with van der Waals surface area (Å²) in [6, 6.07) is 16.1. The number of nitrogens with zero attached hydrogens (tertiary/aromatic N) is 2. The van der Waals surface area contributed by atoms with E-state index in [0.717, 1.165) is 42.0 Å². The predicted molar refractivity (Wildman–Crippen MR) is 121 cm³/mol. The second-order valence-electron chi connectivity index (χ2n) is 8.00. The van der Waals surface area contributed by atoms with E-state index in [4.69, 9.17) is 4.74 Å². The third-order valence-corrected chi connectivity index (χ3v) is 5.55. The zero-order chi connectivity index (χ0) is 21.5. The molecule has 1 heterocycles. The zero-order valence-electron chi connectivity index (χ0n) is 18.3. The molecule has 0 amide bonds. The summed E-state index contributed by atoms with van der Waals surface area (Å²) in [5, 5.41) is 0. The van der Waals surface area contributed by atoms with Gasteiger partial charge in [-0.3, -0.25) is 9.59 Å². The number of rotatable bonds is 9. The fraction of sp³-hybridized carbons (Fsp3) is 0.440. The quantitative estimate of drug-likeness (QED) is 0.559. The Morgan fingerprint density at radius 2 is 1.73 bits per heavy atom. The van der Waals surface area contributed by atoms with Gasteiger partial charge < -0.3 is 14.5 Å². The molecule has 3 rings (SSSR count). The van der Waals surface area contributed by atoms with Crippen molar-refractivity contribution < 1.29 is 14.3 Å². The molecular weight excluding hydrogens is 376 g/mol. The monoisotopic (exact) mass is 408 g/mol. The number of hydrogen-bond donors (Lipinski definition) is 0. The highest BCUT2D eigenvalue weighted by molar-refractivity contribution is 6.08. The van der Waals surface area contributed by atoms with E-state index in [1.165, 1.54) is 0 Å². The summed E-state index contributed by atoms with van der Waals surface area (Å²) in [4.78, 5) is 29.8. The van der Waals surface area contributed by atoms with E-state index in [0.29, 0.717) is 25.9 Å². The first-order valence-electron chi connectivity index (χ1n) is 10.8. The lowest BCUT2D eigenvalue weighted by Gasteiger charge is -2.27. The Kier molecular flexibility index (Phi) is 7.63. The van der Waals surface area contributed by atoms with Crippen LogP contribution in [0.1, 0.15) is 54.4 Å². The number of anilines is 2. The number of carbonyl (C=O) groups is 2. The number of fused-ring (bicyclic) bond motifs is 2. The summed E-state index contributed by atoms with van der Waals surface area (Å²) < 4.78 is 5.05. The van der Waals surface area contributed by atoms with Gasteiger partial charge in [0.2, 0.25) is 0 Å². The highest BCUT2D eigenvalue weighted by Gasteiger charge is 2.32. The van der Waals surface area contributed by atoms with Crippen molar-refractivity contribution in [2.24, 2.45) is 0 Å². The first kappa shape index (κ1) is 22.0. The number of ether oxygens (including phenoxy) is 1. The smallest absolute Gasteiger partial charge is 0.305 e. The van der Waals surface area contributed by atoms with Crippen LogP contribution in [0.25, 0.3) is 0 Å². The van der Waals surface area contributed by atoms with Crippen LogP contribution in [0.4, 0.5) is 11.4 Å². The molecule has 1 unspecified atom stereocenters. The summed E-state index contributed by atoms with van der Waals surface area (Å²) in [5.41, 5.74) is 3.88. The molecule has 5 heteroatoms. The molecule has 0 fully saturated rings. The van der Waals surface area contributed by atoms with Crippen LogP contribution >= 0.6 is 0 Å². The summed E-state index contributed by atoms with van der Waals surface area (Å²) in [6.45, 7) is 4.02. The second-order valence-corrected chi connectivity index (χ2v) is 8.00. The molecule has 5 nitrogen and oxygen atoms in total. The molecule has 0 spiro atoms. The number of esters is 1. The summed E-state index contributed by atoms with van der Waals surface area (Å²) in [6.07, 6.45) is 2.60. The number of Topliss-reactive ketones (excluding diaryl/α,β-unsaturated/α-hetero) is 1. The Bertz CT molecular complexity index is 878. The Balaban J connectivity index is 1.93. The number of benzene rings is 2. The first-order valence-corrected chi connectivity index (χ1v) is 10.8. The summed E-state index contributed by atoms with van der Waals surface area (Å²) >= 11 is 0. The fourth-order valence-corrected chi connectivity index (χ4v) is 4.16. The van der Waals surface area contributed by atoms with Crippen LogP contribution in [0.5, 0.6) is 0 Å². The van der Waals surface area contributed by atoms with Crippen LogP contribution < -0.4 is 4.90 Å². The van der Waals surface area contributed by atoms with E-state index in [9.17, 15) is 9.59 Å². The van der Waals surface area contributed by atoms with Crippen molar-refractivity contribution in [1.82, 2.24) is 4.90 Å².